The highest BCUT2D eigenvalue weighted by atomic mass is 16.1. The molecule has 2 rings (SSSR count). The van der Waals surface area contributed by atoms with Crippen LogP contribution in [0.3, 0.4) is 0 Å². The molecule has 2 aromatic rings. The Morgan fingerprint density at radius 1 is 1.26 bits per heavy atom. The van der Waals surface area contributed by atoms with Crippen LogP contribution in [-0.4, -0.2) is 15.7 Å². The minimum Gasteiger partial charge on any atom is -0.383 e. The van der Waals surface area contributed by atoms with Crippen molar-refractivity contribution in [3.05, 3.63) is 46.6 Å². The summed E-state index contributed by atoms with van der Waals surface area (Å²) in [6.07, 6.45) is 0. The Balaban J connectivity index is 2.45. The summed E-state index contributed by atoms with van der Waals surface area (Å²) in [5, 5.41) is 4.32. The van der Waals surface area contributed by atoms with E-state index in [0.717, 1.165) is 5.56 Å². The molecule has 0 radical (unpaired) electrons. The van der Waals surface area contributed by atoms with Gasteiger partial charge in [-0.2, -0.15) is 5.10 Å². The SMILES string of the molecule is Cc1ccc(C(C)n2nc(C)c(C(N)=O)c2N)cc1. The smallest absolute Gasteiger partial charge is 0.254 e. The summed E-state index contributed by atoms with van der Waals surface area (Å²) in [5.41, 5.74) is 14.4. The molecule has 0 fully saturated rings. The van der Waals surface area contributed by atoms with Gasteiger partial charge in [0, 0.05) is 0 Å². The van der Waals surface area contributed by atoms with E-state index in [0.29, 0.717) is 17.1 Å². The van der Waals surface area contributed by atoms with E-state index < -0.39 is 5.91 Å². The summed E-state index contributed by atoms with van der Waals surface area (Å²) in [6, 6.07) is 8.08. The minimum absolute atomic E-state index is 0.0487. The predicted molar refractivity (Wildman–Crippen MR) is 74.9 cm³/mol. The highest BCUT2D eigenvalue weighted by molar-refractivity contribution is 5.98. The van der Waals surface area contributed by atoms with Crippen molar-refractivity contribution in [2.75, 3.05) is 5.73 Å². The number of aryl methyl sites for hydroxylation is 2. The van der Waals surface area contributed by atoms with Crippen LogP contribution in [0.2, 0.25) is 0 Å². The van der Waals surface area contributed by atoms with E-state index in [4.69, 9.17) is 11.5 Å². The molecule has 5 heteroatoms. The molecule has 1 atom stereocenters. The van der Waals surface area contributed by atoms with Gasteiger partial charge in [0.25, 0.3) is 5.91 Å². The number of hydrogen-bond acceptors (Lipinski definition) is 3. The van der Waals surface area contributed by atoms with Crippen molar-refractivity contribution in [3.8, 4) is 0 Å². The monoisotopic (exact) mass is 258 g/mol. The standard InChI is InChI=1S/C14H18N4O/c1-8-4-6-11(7-5-8)10(3)18-13(15)12(14(16)19)9(2)17-18/h4-7,10H,15H2,1-3H3,(H2,16,19). The number of carbonyl (C=O) groups excluding carboxylic acids is 1. The van der Waals surface area contributed by atoms with Crippen LogP contribution < -0.4 is 11.5 Å². The van der Waals surface area contributed by atoms with Crippen LogP contribution in [0.25, 0.3) is 0 Å². The van der Waals surface area contributed by atoms with Crippen molar-refractivity contribution in [2.24, 2.45) is 5.73 Å². The van der Waals surface area contributed by atoms with E-state index in [1.54, 1.807) is 11.6 Å². The highest BCUT2D eigenvalue weighted by Crippen LogP contribution is 2.24. The van der Waals surface area contributed by atoms with E-state index in [1.165, 1.54) is 5.56 Å². The van der Waals surface area contributed by atoms with Crippen LogP contribution in [0.5, 0.6) is 0 Å². The molecule has 1 aromatic carbocycles. The Labute approximate surface area is 112 Å². The Kier molecular flexibility index (Phi) is 3.29. The quantitative estimate of drug-likeness (QED) is 0.879. The molecule has 0 aliphatic rings. The molecule has 0 aliphatic heterocycles. The number of nitrogens with two attached hydrogens (primary N) is 2. The van der Waals surface area contributed by atoms with Gasteiger partial charge in [-0.15, -0.1) is 0 Å². The Morgan fingerprint density at radius 2 is 1.84 bits per heavy atom. The van der Waals surface area contributed by atoms with Crippen LogP contribution in [-0.2, 0) is 0 Å². The van der Waals surface area contributed by atoms with Crippen molar-refractivity contribution < 1.29 is 4.79 Å². The fraction of sp³-hybridized carbons (Fsp3) is 0.286. The van der Waals surface area contributed by atoms with Gasteiger partial charge < -0.3 is 11.5 Å². The predicted octanol–water partition coefficient (Wildman–Crippen LogP) is 1.79. The Hall–Kier alpha value is -2.30. The minimum atomic E-state index is -0.544. The number of benzene rings is 1. The van der Waals surface area contributed by atoms with Crippen molar-refractivity contribution >= 4 is 11.7 Å². The molecule has 0 spiro atoms. The normalized spacial score (nSPS) is 12.4. The van der Waals surface area contributed by atoms with Gasteiger partial charge in [-0.05, 0) is 26.3 Å². The maximum Gasteiger partial charge on any atom is 0.254 e. The average molecular weight is 258 g/mol. The summed E-state index contributed by atoms with van der Waals surface area (Å²) in [4.78, 5) is 11.3. The molecule has 0 saturated carbocycles. The summed E-state index contributed by atoms with van der Waals surface area (Å²) in [7, 11) is 0. The van der Waals surface area contributed by atoms with Crippen molar-refractivity contribution in [2.45, 2.75) is 26.8 Å². The second-order valence-corrected chi connectivity index (χ2v) is 4.74. The molecular formula is C14H18N4O. The number of anilines is 1. The van der Waals surface area contributed by atoms with Crippen LogP contribution in [0, 0.1) is 13.8 Å². The lowest BCUT2D eigenvalue weighted by molar-refractivity contribution is 0.100. The fourth-order valence-electron chi connectivity index (χ4n) is 2.15. The number of primary amides is 1. The van der Waals surface area contributed by atoms with Gasteiger partial charge in [0.1, 0.15) is 11.4 Å². The molecule has 0 bridgehead atoms. The lowest BCUT2D eigenvalue weighted by atomic mass is 10.1. The van der Waals surface area contributed by atoms with Crippen LogP contribution >= 0.6 is 0 Å². The van der Waals surface area contributed by atoms with Crippen molar-refractivity contribution in [1.29, 1.82) is 0 Å². The second kappa shape index (κ2) is 4.76. The van der Waals surface area contributed by atoms with E-state index in [9.17, 15) is 4.79 Å². The number of nitrogen functional groups attached to an aromatic ring is 1. The van der Waals surface area contributed by atoms with Gasteiger partial charge in [0.15, 0.2) is 0 Å². The molecule has 19 heavy (non-hydrogen) atoms. The summed E-state index contributed by atoms with van der Waals surface area (Å²) < 4.78 is 1.64. The third-order valence-electron chi connectivity index (χ3n) is 3.30. The summed E-state index contributed by atoms with van der Waals surface area (Å²) in [6.45, 7) is 5.75. The first-order chi connectivity index (χ1) is 8.91. The zero-order valence-electron chi connectivity index (χ0n) is 11.3. The number of aromatic nitrogens is 2. The molecule has 4 N–H and O–H groups in total. The van der Waals surface area contributed by atoms with E-state index in [2.05, 4.69) is 5.10 Å². The first kappa shape index (κ1) is 13.1. The molecular weight excluding hydrogens is 240 g/mol. The molecule has 1 heterocycles. The lowest BCUT2D eigenvalue weighted by Gasteiger charge is -2.14. The van der Waals surface area contributed by atoms with Gasteiger partial charge in [-0.25, -0.2) is 4.68 Å². The molecule has 1 unspecified atom stereocenters. The molecule has 5 nitrogen and oxygen atoms in total. The maximum atomic E-state index is 11.3. The zero-order chi connectivity index (χ0) is 14.2. The van der Waals surface area contributed by atoms with Gasteiger partial charge in [-0.3, -0.25) is 4.79 Å². The largest absolute Gasteiger partial charge is 0.383 e. The van der Waals surface area contributed by atoms with Crippen molar-refractivity contribution in [3.63, 3.8) is 0 Å². The van der Waals surface area contributed by atoms with Gasteiger partial charge in [0.2, 0.25) is 0 Å². The number of nitrogens with zero attached hydrogens (tertiary/aromatic N) is 2. The number of rotatable bonds is 3. The third-order valence-corrected chi connectivity index (χ3v) is 3.30. The maximum absolute atomic E-state index is 11.3. The topological polar surface area (TPSA) is 86.9 Å². The zero-order valence-corrected chi connectivity index (χ0v) is 11.3. The first-order valence-corrected chi connectivity index (χ1v) is 6.12. The molecule has 1 aromatic heterocycles. The Bertz CT molecular complexity index is 613. The van der Waals surface area contributed by atoms with E-state index >= 15 is 0 Å². The molecule has 1 amide bonds. The number of hydrogen-bond donors (Lipinski definition) is 2. The highest BCUT2D eigenvalue weighted by Gasteiger charge is 2.20. The third kappa shape index (κ3) is 2.31. The van der Waals surface area contributed by atoms with Crippen LogP contribution in [0.4, 0.5) is 5.82 Å². The average Bonchev–Trinajstić information content (AvgIpc) is 2.65. The fourth-order valence-corrected chi connectivity index (χ4v) is 2.15. The van der Waals surface area contributed by atoms with Crippen LogP contribution in [0.15, 0.2) is 24.3 Å². The molecule has 0 saturated heterocycles. The summed E-state index contributed by atoms with van der Waals surface area (Å²) in [5.74, 6) is -0.226. The van der Waals surface area contributed by atoms with Gasteiger partial charge >= 0.3 is 0 Å². The van der Waals surface area contributed by atoms with E-state index in [-0.39, 0.29) is 6.04 Å². The number of amides is 1. The lowest BCUT2D eigenvalue weighted by Crippen LogP contribution is -2.16. The molecule has 0 aliphatic carbocycles. The van der Waals surface area contributed by atoms with Crippen LogP contribution in [0.1, 0.15) is 40.1 Å². The number of carbonyl (C=O) groups is 1. The first-order valence-electron chi connectivity index (χ1n) is 6.12. The van der Waals surface area contributed by atoms with Gasteiger partial charge in [0.05, 0.1) is 11.7 Å². The summed E-state index contributed by atoms with van der Waals surface area (Å²) >= 11 is 0. The Morgan fingerprint density at radius 3 is 2.32 bits per heavy atom. The second-order valence-electron chi connectivity index (χ2n) is 4.74. The molecule has 100 valence electrons. The van der Waals surface area contributed by atoms with Gasteiger partial charge in [-0.1, -0.05) is 29.8 Å². The van der Waals surface area contributed by atoms with E-state index in [1.807, 2.05) is 38.1 Å². The van der Waals surface area contributed by atoms with Crippen molar-refractivity contribution in [1.82, 2.24) is 9.78 Å².